The van der Waals surface area contributed by atoms with Crippen LogP contribution in [0.15, 0.2) is 0 Å². The van der Waals surface area contributed by atoms with Gasteiger partial charge in [0.15, 0.2) is 5.78 Å². The normalized spacial score (nSPS) is 38.5. The van der Waals surface area contributed by atoms with Crippen molar-refractivity contribution < 1.29 is 19.4 Å². The van der Waals surface area contributed by atoms with E-state index in [1.807, 2.05) is 0 Å². The van der Waals surface area contributed by atoms with E-state index in [4.69, 9.17) is 9.47 Å². The summed E-state index contributed by atoms with van der Waals surface area (Å²) in [5.74, 6) is 0.0281. The number of hydrogen-bond donors (Lipinski definition) is 1. The van der Waals surface area contributed by atoms with Gasteiger partial charge < -0.3 is 14.6 Å². The van der Waals surface area contributed by atoms with Gasteiger partial charge in [-0.2, -0.15) is 0 Å². The van der Waals surface area contributed by atoms with Crippen LogP contribution < -0.4 is 0 Å². The third kappa shape index (κ3) is 2.58. The lowest BCUT2D eigenvalue weighted by atomic mass is 9.73. The standard InChI is InChI=1S/C15H24O4/c16-13(15(17)5-2-1-3-6-15)12-4-8-19-14(10-12)7-9-18-11-14/h12,17H,1-11H2. The van der Waals surface area contributed by atoms with Crippen molar-refractivity contribution in [2.75, 3.05) is 19.8 Å². The number of ether oxygens (including phenoxy) is 2. The first-order chi connectivity index (χ1) is 9.14. The molecule has 19 heavy (non-hydrogen) atoms. The van der Waals surface area contributed by atoms with E-state index in [0.717, 1.165) is 45.1 Å². The summed E-state index contributed by atoms with van der Waals surface area (Å²) < 4.78 is 11.3. The molecular weight excluding hydrogens is 244 g/mol. The molecule has 1 N–H and O–H groups in total. The Morgan fingerprint density at radius 3 is 2.58 bits per heavy atom. The maximum absolute atomic E-state index is 12.7. The summed E-state index contributed by atoms with van der Waals surface area (Å²) in [5.41, 5.74) is -1.30. The van der Waals surface area contributed by atoms with E-state index in [1.165, 1.54) is 0 Å². The van der Waals surface area contributed by atoms with Gasteiger partial charge in [-0.05, 0) is 25.7 Å². The first-order valence-corrected chi connectivity index (χ1v) is 7.62. The van der Waals surface area contributed by atoms with Gasteiger partial charge in [-0.25, -0.2) is 0 Å². The highest BCUT2D eigenvalue weighted by atomic mass is 16.6. The van der Waals surface area contributed by atoms with Crippen molar-refractivity contribution >= 4 is 5.78 Å². The van der Waals surface area contributed by atoms with E-state index in [-0.39, 0.29) is 17.3 Å². The summed E-state index contributed by atoms with van der Waals surface area (Å²) in [6.07, 6.45) is 6.74. The summed E-state index contributed by atoms with van der Waals surface area (Å²) in [5, 5.41) is 10.6. The van der Waals surface area contributed by atoms with Gasteiger partial charge in [0.25, 0.3) is 0 Å². The van der Waals surface area contributed by atoms with E-state index in [0.29, 0.717) is 26.1 Å². The average molecular weight is 268 g/mol. The Kier molecular flexibility index (Phi) is 3.67. The predicted molar refractivity (Wildman–Crippen MR) is 69.9 cm³/mol. The van der Waals surface area contributed by atoms with Gasteiger partial charge in [-0.3, -0.25) is 4.79 Å². The fourth-order valence-electron chi connectivity index (χ4n) is 3.88. The SMILES string of the molecule is O=C(C1CCOC2(CCOC2)C1)C1(O)CCCCC1. The molecule has 3 rings (SSSR count). The second-order valence-corrected chi connectivity index (χ2v) is 6.48. The van der Waals surface area contributed by atoms with Crippen LogP contribution in [0.3, 0.4) is 0 Å². The van der Waals surface area contributed by atoms with E-state index in [1.54, 1.807) is 0 Å². The zero-order chi connectivity index (χ0) is 13.3. The average Bonchev–Trinajstić information content (AvgIpc) is 2.87. The van der Waals surface area contributed by atoms with Crippen molar-refractivity contribution in [2.45, 2.75) is 62.6 Å². The van der Waals surface area contributed by atoms with Gasteiger partial charge in [-0.1, -0.05) is 19.3 Å². The number of rotatable bonds is 2. The van der Waals surface area contributed by atoms with Gasteiger partial charge in [0.05, 0.1) is 12.2 Å². The Morgan fingerprint density at radius 1 is 1.11 bits per heavy atom. The number of carbonyl (C=O) groups excluding carboxylic acids is 1. The Morgan fingerprint density at radius 2 is 1.89 bits per heavy atom. The zero-order valence-corrected chi connectivity index (χ0v) is 11.5. The maximum Gasteiger partial charge on any atom is 0.167 e. The van der Waals surface area contributed by atoms with Crippen LogP contribution in [0, 0.1) is 5.92 Å². The molecule has 2 aliphatic heterocycles. The van der Waals surface area contributed by atoms with E-state index < -0.39 is 5.60 Å². The molecule has 0 aromatic carbocycles. The predicted octanol–water partition coefficient (Wildman–Crippen LogP) is 1.84. The number of hydrogen-bond acceptors (Lipinski definition) is 4. The van der Waals surface area contributed by atoms with Crippen LogP contribution in [0.4, 0.5) is 0 Å². The summed E-state index contributed by atoms with van der Waals surface area (Å²) in [4.78, 5) is 12.7. The summed E-state index contributed by atoms with van der Waals surface area (Å²) in [7, 11) is 0. The first-order valence-electron chi connectivity index (χ1n) is 7.62. The molecule has 2 unspecified atom stereocenters. The van der Waals surface area contributed by atoms with Gasteiger partial charge in [-0.15, -0.1) is 0 Å². The minimum Gasteiger partial charge on any atom is -0.382 e. The molecule has 0 aromatic rings. The number of Topliss-reactive ketones (excluding diaryl/α,β-unsaturated/α-hetero) is 1. The fraction of sp³-hybridized carbons (Fsp3) is 0.933. The lowest BCUT2D eigenvalue weighted by Gasteiger charge is -2.40. The molecule has 0 radical (unpaired) electrons. The highest BCUT2D eigenvalue weighted by molar-refractivity contribution is 5.89. The molecule has 2 saturated heterocycles. The van der Waals surface area contributed by atoms with Crippen LogP contribution in [0.2, 0.25) is 0 Å². The Balaban J connectivity index is 1.69. The molecule has 1 spiro atoms. The van der Waals surface area contributed by atoms with Crippen LogP contribution >= 0.6 is 0 Å². The van der Waals surface area contributed by atoms with Gasteiger partial charge in [0, 0.05) is 25.6 Å². The number of carbonyl (C=O) groups is 1. The summed E-state index contributed by atoms with van der Waals surface area (Å²) in [6, 6.07) is 0. The molecule has 0 aromatic heterocycles. The van der Waals surface area contributed by atoms with Crippen LogP contribution in [0.1, 0.15) is 51.4 Å². The van der Waals surface area contributed by atoms with Gasteiger partial charge >= 0.3 is 0 Å². The third-order valence-electron chi connectivity index (χ3n) is 5.07. The Labute approximate surface area is 114 Å². The molecular formula is C15H24O4. The van der Waals surface area contributed by atoms with Gasteiger partial charge in [0.2, 0.25) is 0 Å². The van der Waals surface area contributed by atoms with E-state index in [2.05, 4.69) is 0 Å². The maximum atomic E-state index is 12.7. The van der Waals surface area contributed by atoms with Crippen LogP contribution in [-0.2, 0) is 14.3 Å². The lowest BCUT2D eigenvalue weighted by molar-refractivity contribution is -0.156. The van der Waals surface area contributed by atoms with E-state index in [9.17, 15) is 9.90 Å². The lowest BCUT2D eigenvalue weighted by Crippen LogP contribution is -2.49. The molecule has 1 aliphatic carbocycles. The molecule has 2 heterocycles. The zero-order valence-electron chi connectivity index (χ0n) is 11.5. The van der Waals surface area contributed by atoms with E-state index >= 15 is 0 Å². The molecule has 108 valence electrons. The molecule has 3 aliphatic rings. The van der Waals surface area contributed by atoms with Crippen LogP contribution in [-0.4, -0.2) is 41.9 Å². The topological polar surface area (TPSA) is 55.8 Å². The smallest absolute Gasteiger partial charge is 0.167 e. The highest BCUT2D eigenvalue weighted by Crippen LogP contribution is 2.40. The fourth-order valence-corrected chi connectivity index (χ4v) is 3.88. The second kappa shape index (κ2) is 5.15. The Hall–Kier alpha value is -0.450. The van der Waals surface area contributed by atoms with Crippen molar-refractivity contribution in [3.05, 3.63) is 0 Å². The molecule has 0 amide bonds. The minimum absolute atomic E-state index is 0.0430. The Bertz CT molecular complexity index is 340. The molecule has 4 heteroatoms. The number of aliphatic hydroxyl groups is 1. The van der Waals surface area contributed by atoms with Crippen molar-refractivity contribution in [1.82, 2.24) is 0 Å². The third-order valence-corrected chi connectivity index (χ3v) is 5.07. The van der Waals surface area contributed by atoms with Crippen molar-refractivity contribution in [3.63, 3.8) is 0 Å². The monoisotopic (exact) mass is 268 g/mol. The molecule has 2 atom stereocenters. The van der Waals surface area contributed by atoms with Gasteiger partial charge in [0.1, 0.15) is 5.60 Å². The largest absolute Gasteiger partial charge is 0.382 e. The minimum atomic E-state index is -1.05. The van der Waals surface area contributed by atoms with Crippen LogP contribution in [0.5, 0.6) is 0 Å². The molecule has 1 saturated carbocycles. The van der Waals surface area contributed by atoms with Crippen LogP contribution in [0.25, 0.3) is 0 Å². The molecule has 3 fully saturated rings. The number of ketones is 1. The summed E-state index contributed by atoms with van der Waals surface area (Å²) >= 11 is 0. The summed E-state index contributed by atoms with van der Waals surface area (Å²) in [6.45, 7) is 1.95. The van der Waals surface area contributed by atoms with Crippen molar-refractivity contribution in [2.24, 2.45) is 5.92 Å². The first kappa shape index (κ1) is 13.5. The second-order valence-electron chi connectivity index (χ2n) is 6.48. The molecule has 0 bridgehead atoms. The van der Waals surface area contributed by atoms with Crippen molar-refractivity contribution in [1.29, 1.82) is 0 Å². The quantitative estimate of drug-likeness (QED) is 0.830. The van der Waals surface area contributed by atoms with Crippen molar-refractivity contribution in [3.8, 4) is 0 Å². The highest BCUT2D eigenvalue weighted by Gasteiger charge is 2.47. The molecule has 4 nitrogen and oxygen atoms in total.